The van der Waals surface area contributed by atoms with Crippen LogP contribution < -0.4 is 5.73 Å². The standard InChI is InChI=1S/C13H11ClN4.C2H6/c1-8-7-18(9-5-3-2-4-6-9)12-10(8)11(15)16-13(14)17-12;1-2/h2-7H,1H3,(H2,15,16,17);1-2H3. The van der Waals surface area contributed by atoms with Gasteiger partial charge in [0.1, 0.15) is 5.82 Å². The van der Waals surface area contributed by atoms with Crippen LogP contribution in [0.3, 0.4) is 0 Å². The number of para-hydroxylation sites is 1. The van der Waals surface area contributed by atoms with Gasteiger partial charge in [0.25, 0.3) is 0 Å². The zero-order valence-corrected chi connectivity index (χ0v) is 12.5. The van der Waals surface area contributed by atoms with Crippen LogP contribution in [0.15, 0.2) is 36.5 Å². The molecule has 0 radical (unpaired) electrons. The monoisotopic (exact) mass is 288 g/mol. The van der Waals surface area contributed by atoms with E-state index < -0.39 is 0 Å². The molecule has 5 heteroatoms. The van der Waals surface area contributed by atoms with E-state index in [0.717, 1.165) is 22.3 Å². The first-order valence-corrected chi connectivity index (χ1v) is 6.90. The molecular formula is C15H17ClN4. The van der Waals surface area contributed by atoms with Crippen molar-refractivity contribution in [1.29, 1.82) is 0 Å². The van der Waals surface area contributed by atoms with Crippen molar-refractivity contribution in [3.8, 4) is 5.69 Å². The van der Waals surface area contributed by atoms with Crippen LogP contribution in [0, 0.1) is 6.92 Å². The summed E-state index contributed by atoms with van der Waals surface area (Å²) >= 11 is 5.88. The van der Waals surface area contributed by atoms with E-state index in [1.165, 1.54) is 0 Å². The number of fused-ring (bicyclic) bond motifs is 1. The molecule has 4 nitrogen and oxygen atoms in total. The summed E-state index contributed by atoms with van der Waals surface area (Å²) in [4.78, 5) is 8.26. The zero-order valence-electron chi connectivity index (χ0n) is 11.8. The van der Waals surface area contributed by atoms with Gasteiger partial charge < -0.3 is 10.3 Å². The van der Waals surface area contributed by atoms with Crippen LogP contribution in [0.5, 0.6) is 0 Å². The van der Waals surface area contributed by atoms with E-state index in [-0.39, 0.29) is 5.28 Å². The Hall–Kier alpha value is -2.07. The molecule has 3 aromatic rings. The second kappa shape index (κ2) is 5.92. The fraction of sp³-hybridized carbons (Fsp3) is 0.200. The molecule has 0 spiro atoms. The first-order chi connectivity index (χ1) is 9.66. The molecule has 20 heavy (non-hydrogen) atoms. The van der Waals surface area contributed by atoms with Gasteiger partial charge >= 0.3 is 0 Å². The van der Waals surface area contributed by atoms with Crippen LogP contribution in [-0.4, -0.2) is 14.5 Å². The van der Waals surface area contributed by atoms with Crippen molar-refractivity contribution in [3.63, 3.8) is 0 Å². The van der Waals surface area contributed by atoms with E-state index in [2.05, 4.69) is 9.97 Å². The van der Waals surface area contributed by atoms with E-state index in [1.807, 2.05) is 61.9 Å². The zero-order chi connectivity index (χ0) is 14.7. The molecule has 2 heterocycles. The maximum Gasteiger partial charge on any atom is 0.226 e. The molecule has 0 bridgehead atoms. The third kappa shape index (κ3) is 2.47. The molecule has 0 saturated heterocycles. The Morgan fingerprint density at radius 2 is 1.75 bits per heavy atom. The molecule has 0 fully saturated rings. The van der Waals surface area contributed by atoms with Gasteiger partial charge in [0.15, 0.2) is 5.65 Å². The number of aromatic nitrogens is 3. The minimum absolute atomic E-state index is 0.162. The van der Waals surface area contributed by atoms with Gasteiger partial charge in [-0.2, -0.15) is 4.98 Å². The van der Waals surface area contributed by atoms with Crippen LogP contribution in [0.25, 0.3) is 16.7 Å². The maximum atomic E-state index is 5.90. The van der Waals surface area contributed by atoms with Crippen LogP contribution >= 0.6 is 11.6 Å². The van der Waals surface area contributed by atoms with Crippen molar-refractivity contribution in [2.24, 2.45) is 0 Å². The summed E-state index contributed by atoms with van der Waals surface area (Å²) in [6.07, 6.45) is 1.99. The number of nitrogens with two attached hydrogens (primary N) is 1. The van der Waals surface area contributed by atoms with Gasteiger partial charge in [0.2, 0.25) is 5.28 Å². The minimum Gasteiger partial charge on any atom is -0.383 e. The third-order valence-electron chi connectivity index (χ3n) is 2.87. The van der Waals surface area contributed by atoms with E-state index >= 15 is 0 Å². The maximum absolute atomic E-state index is 5.90. The molecule has 1 aromatic carbocycles. The molecule has 104 valence electrons. The summed E-state index contributed by atoms with van der Waals surface area (Å²) in [6, 6.07) is 9.93. The highest BCUT2D eigenvalue weighted by atomic mass is 35.5. The summed E-state index contributed by atoms with van der Waals surface area (Å²) in [7, 11) is 0. The highest BCUT2D eigenvalue weighted by molar-refractivity contribution is 6.28. The highest BCUT2D eigenvalue weighted by Gasteiger charge is 2.13. The van der Waals surface area contributed by atoms with E-state index in [9.17, 15) is 0 Å². The first-order valence-electron chi connectivity index (χ1n) is 6.53. The lowest BCUT2D eigenvalue weighted by atomic mass is 10.2. The molecule has 2 aromatic heterocycles. The Morgan fingerprint density at radius 3 is 2.40 bits per heavy atom. The number of rotatable bonds is 1. The summed E-state index contributed by atoms with van der Waals surface area (Å²) in [6.45, 7) is 5.98. The van der Waals surface area contributed by atoms with Crippen molar-refractivity contribution in [2.75, 3.05) is 5.73 Å². The normalized spacial score (nSPS) is 10.2. The average molecular weight is 289 g/mol. The number of hydrogen-bond donors (Lipinski definition) is 1. The minimum atomic E-state index is 0.162. The molecule has 0 saturated carbocycles. The number of hydrogen-bond acceptors (Lipinski definition) is 3. The quantitative estimate of drug-likeness (QED) is 0.689. The van der Waals surface area contributed by atoms with Crippen LogP contribution in [-0.2, 0) is 0 Å². The summed E-state index contributed by atoms with van der Waals surface area (Å²) in [5.41, 5.74) is 8.68. The predicted molar refractivity (Wildman–Crippen MR) is 84.4 cm³/mol. The van der Waals surface area contributed by atoms with Gasteiger partial charge in [-0.3, -0.25) is 0 Å². The topological polar surface area (TPSA) is 56.7 Å². The van der Waals surface area contributed by atoms with Crippen molar-refractivity contribution >= 4 is 28.5 Å². The van der Waals surface area contributed by atoms with E-state index in [4.69, 9.17) is 17.3 Å². The molecular weight excluding hydrogens is 272 g/mol. The van der Waals surface area contributed by atoms with Crippen LogP contribution in [0.2, 0.25) is 5.28 Å². The SMILES string of the molecule is CC.Cc1cn(-c2ccccc2)c2nc(Cl)nc(N)c12. The number of anilines is 1. The van der Waals surface area contributed by atoms with Gasteiger partial charge in [-0.15, -0.1) is 0 Å². The average Bonchev–Trinajstić information content (AvgIpc) is 2.79. The summed E-state index contributed by atoms with van der Waals surface area (Å²) in [5.74, 6) is 0.414. The van der Waals surface area contributed by atoms with Gasteiger partial charge in [-0.25, -0.2) is 4.98 Å². The van der Waals surface area contributed by atoms with Crippen molar-refractivity contribution < 1.29 is 0 Å². The molecule has 0 atom stereocenters. The lowest BCUT2D eigenvalue weighted by molar-refractivity contribution is 1.07. The largest absolute Gasteiger partial charge is 0.383 e. The van der Waals surface area contributed by atoms with Crippen molar-refractivity contribution in [3.05, 3.63) is 47.4 Å². The Morgan fingerprint density at radius 1 is 1.10 bits per heavy atom. The van der Waals surface area contributed by atoms with Crippen molar-refractivity contribution in [2.45, 2.75) is 20.8 Å². The lowest BCUT2D eigenvalue weighted by Crippen LogP contribution is -1.98. The number of halogens is 1. The van der Waals surface area contributed by atoms with Crippen molar-refractivity contribution in [1.82, 2.24) is 14.5 Å². The van der Waals surface area contributed by atoms with E-state index in [0.29, 0.717) is 5.82 Å². The van der Waals surface area contributed by atoms with Gasteiger partial charge in [0, 0.05) is 11.9 Å². The second-order valence-electron chi connectivity index (χ2n) is 4.09. The number of aryl methyl sites for hydroxylation is 1. The van der Waals surface area contributed by atoms with Crippen LogP contribution in [0.1, 0.15) is 19.4 Å². The molecule has 0 amide bonds. The number of benzene rings is 1. The molecule has 0 aliphatic carbocycles. The molecule has 0 unspecified atom stereocenters. The molecule has 0 aliphatic rings. The van der Waals surface area contributed by atoms with Crippen LogP contribution in [0.4, 0.5) is 5.82 Å². The van der Waals surface area contributed by atoms with Gasteiger partial charge in [-0.05, 0) is 36.2 Å². The third-order valence-corrected chi connectivity index (χ3v) is 3.04. The van der Waals surface area contributed by atoms with Gasteiger partial charge in [-0.1, -0.05) is 32.0 Å². The van der Waals surface area contributed by atoms with E-state index in [1.54, 1.807) is 0 Å². The lowest BCUT2D eigenvalue weighted by Gasteiger charge is -2.04. The highest BCUT2D eigenvalue weighted by Crippen LogP contribution is 2.27. The molecule has 2 N–H and O–H groups in total. The summed E-state index contributed by atoms with van der Waals surface area (Å²) in [5, 5.41) is 1.01. The van der Waals surface area contributed by atoms with Gasteiger partial charge in [0.05, 0.1) is 5.39 Å². The Kier molecular flexibility index (Phi) is 4.25. The fourth-order valence-electron chi connectivity index (χ4n) is 2.10. The molecule has 3 rings (SSSR count). The second-order valence-corrected chi connectivity index (χ2v) is 4.43. The molecule has 0 aliphatic heterocycles. The first kappa shape index (κ1) is 14.3. The smallest absolute Gasteiger partial charge is 0.226 e. The predicted octanol–water partition coefficient (Wildman–Crippen LogP) is 3.99. The Balaban J connectivity index is 0.000000704. The fourth-order valence-corrected chi connectivity index (χ4v) is 2.27. The number of nitrogens with zero attached hydrogens (tertiary/aromatic N) is 3. The number of nitrogen functional groups attached to an aromatic ring is 1. The Labute approximate surface area is 123 Å². The summed E-state index contributed by atoms with van der Waals surface area (Å²) < 4.78 is 1.97. The Bertz CT molecular complexity index is 720.